The van der Waals surface area contributed by atoms with Gasteiger partial charge in [0.15, 0.2) is 0 Å². The van der Waals surface area contributed by atoms with Crippen molar-refractivity contribution >= 4 is 6.09 Å². The van der Waals surface area contributed by atoms with E-state index in [-0.39, 0.29) is 6.54 Å². The van der Waals surface area contributed by atoms with Gasteiger partial charge >= 0.3 is 6.09 Å². The van der Waals surface area contributed by atoms with Crippen LogP contribution in [0.1, 0.15) is 5.56 Å². The molecule has 0 unspecified atom stereocenters. The second-order valence-electron chi connectivity index (χ2n) is 3.72. The molecule has 94 valence electrons. The van der Waals surface area contributed by atoms with Gasteiger partial charge in [0.2, 0.25) is 0 Å². The van der Waals surface area contributed by atoms with Crippen LogP contribution in [-0.2, 0) is 6.42 Å². The zero-order valence-electron chi connectivity index (χ0n) is 9.34. The largest absolute Gasteiger partial charge is 0.465 e. The molecule has 6 heteroatoms. The van der Waals surface area contributed by atoms with Crippen LogP contribution in [0.2, 0.25) is 0 Å². The molecule has 0 radical (unpaired) electrons. The Kier molecular flexibility index (Phi) is 5.41. The second kappa shape index (κ2) is 6.85. The first-order chi connectivity index (χ1) is 8.13. The zero-order chi connectivity index (χ0) is 12.7. The Hall–Kier alpha value is -1.63. The Morgan fingerprint density at radius 1 is 1.35 bits per heavy atom. The third-order valence-corrected chi connectivity index (χ3v) is 2.40. The maximum atomic E-state index is 10.6. The van der Waals surface area contributed by atoms with Crippen molar-refractivity contribution in [3.05, 3.63) is 35.9 Å². The molecule has 0 heterocycles. The summed E-state index contributed by atoms with van der Waals surface area (Å²) in [4.78, 5) is 10.6. The molecule has 0 fully saturated rings. The molecule has 1 amide bonds. The third-order valence-electron chi connectivity index (χ3n) is 2.40. The van der Waals surface area contributed by atoms with Gasteiger partial charge < -0.3 is 15.5 Å². The quantitative estimate of drug-likeness (QED) is 0.346. The van der Waals surface area contributed by atoms with Gasteiger partial charge in [-0.15, -0.1) is 0 Å². The summed E-state index contributed by atoms with van der Waals surface area (Å²) in [5.74, 6) is 5.11. The van der Waals surface area contributed by atoms with Crippen LogP contribution in [-0.4, -0.2) is 35.0 Å². The fraction of sp³-hybridized carbons (Fsp3) is 0.364. The van der Waals surface area contributed by atoms with Crippen molar-refractivity contribution in [1.29, 1.82) is 0 Å². The smallest absolute Gasteiger partial charge is 0.404 e. The van der Waals surface area contributed by atoms with Gasteiger partial charge in [-0.05, 0) is 12.0 Å². The minimum atomic E-state index is -1.16. The molecule has 0 aliphatic carbocycles. The zero-order valence-corrected chi connectivity index (χ0v) is 9.34. The lowest BCUT2D eigenvalue weighted by Gasteiger charge is -2.22. The van der Waals surface area contributed by atoms with Gasteiger partial charge in [-0.25, -0.2) is 4.79 Å². The molecule has 0 bridgehead atoms. The lowest BCUT2D eigenvalue weighted by molar-refractivity contribution is 0.118. The summed E-state index contributed by atoms with van der Waals surface area (Å²) in [5, 5.41) is 20.7. The van der Waals surface area contributed by atoms with Crippen LogP contribution in [0, 0.1) is 0 Å². The summed E-state index contributed by atoms with van der Waals surface area (Å²) in [7, 11) is 0. The highest BCUT2D eigenvalue weighted by atomic mass is 16.4. The summed E-state index contributed by atoms with van der Waals surface area (Å²) in [6, 6.07) is 8.76. The van der Waals surface area contributed by atoms with Crippen molar-refractivity contribution in [3.63, 3.8) is 0 Å². The molecule has 0 saturated carbocycles. The number of aliphatic hydroxyl groups is 1. The summed E-state index contributed by atoms with van der Waals surface area (Å²) in [6.07, 6.45) is -1.63. The van der Waals surface area contributed by atoms with E-state index in [0.29, 0.717) is 6.42 Å². The Balaban J connectivity index is 2.66. The normalized spacial score (nSPS) is 14.0. The highest BCUT2D eigenvalue weighted by molar-refractivity contribution is 5.65. The Morgan fingerprint density at radius 2 is 2.00 bits per heavy atom. The van der Waals surface area contributed by atoms with Crippen molar-refractivity contribution in [2.24, 2.45) is 5.84 Å². The van der Waals surface area contributed by atoms with E-state index in [1.54, 1.807) is 0 Å². The number of amides is 1. The summed E-state index contributed by atoms with van der Waals surface area (Å²) < 4.78 is 0. The molecule has 2 atom stereocenters. The van der Waals surface area contributed by atoms with Crippen molar-refractivity contribution in [2.75, 3.05) is 6.54 Å². The first kappa shape index (κ1) is 13.4. The number of aliphatic hydroxyl groups excluding tert-OH is 1. The van der Waals surface area contributed by atoms with Crippen LogP contribution < -0.4 is 16.6 Å². The lowest BCUT2D eigenvalue weighted by Crippen LogP contribution is -2.49. The molecular formula is C11H17N3O3. The van der Waals surface area contributed by atoms with E-state index in [4.69, 9.17) is 10.9 Å². The molecule has 17 heavy (non-hydrogen) atoms. The minimum absolute atomic E-state index is 0.123. The molecule has 0 saturated heterocycles. The number of rotatable bonds is 6. The van der Waals surface area contributed by atoms with Gasteiger partial charge in [-0.2, -0.15) is 0 Å². The molecule has 0 spiro atoms. The van der Waals surface area contributed by atoms with Gasteiger partial charge in [0.05, 0.1) is 12.1 Å². The standard InChI is InChI=1S/C11H17N3O3/c12-13-7-10(15)9(14-11(16)17)6-8-4-2-1-3-5-8/h1-5,9-10,13-15H,6-7,12H2,(H,16,17)/t9-,10+/m0/s1. The molecule has 6 nitrogen and oxygen atoms in total. The maximum Gasteiger partial charge on any atom is 0.404 e. The number of carboxylic acid groups (broad SMARTS) is 1. The molecule has 0 aliphatic rings. The Morgan fingerprint density at radius 3 is 2.53 bits per heavy atom. The monoisotopic (exact) mass is 239 g/mol. The van der Waals surface area contributed by atoms with E-state index < -0.39 is 18.2 Å². The number of hydrogen-bond acceptors (Lipinski definition) is 4. The number of nitrogens with two attached hydrogens (primary N) is 1. The average Bonchev–Trinajstić information content (AvgIpc) is 2.29. The molecule has 0 aromatic heterocycles. The van der Waals surface area contributed by atoms with Crippen LogP contribution >= 0.6 is 0 Å². The van der Waals surface area contributed by atoms with E-state index in [1.165, 1.54) is 0 Å². The highest BCUT2D eigenvalue weighted by Crippen LogP contribution is 2.06. The van der Waals surface area contributed by atoms with Gasteiger partial charge in [0, 0.05) is 6.54 Å². The van der Waals surface area contributed by atoms with Gasteiger partial charge in [-0.1, -0.05) is 30.3 Å². The van der Waals surface area contributed by atoms with Crippen molar-refractivity contribution in [3.8, 4) is 0 Å². The summed E-state index contributed by atoms with van der Waals surface area (Å²) >= 11 is 0. The minimum Gasteiger partial charge on any atom is -0.465 e. The Bertz CT molecular complexity index is 345. The van der Waals surface area contributed by atoms with E-state index in [2.05, 4.69) is 10.7 Å². The van der Waals surface area contributed by atoms with Crippen LogP contribution in [0.25, 0.3) is 0 Å². The van der Waals surface area contributed by atoms with Crippen LogP contribution in [0.4, 0.5) is 4.79 Å². The van der Waals surface area contributed by atoms with Gasteiger partial charge in [0.25, 0.3) is 0 Å². The Labute approximate surface area is 99.4 Å². The average molecular weight is 239 g/mol. The van der Waals surface area contributed by atoms with E-state index in [0.717, 1.165) is 5.56 Å². The number of hydrogen-bond donors (Lipinski definition) is 5. The maximum absolute atomic E-state index is 10.6. The molecular weight excluding hydrogens is 222 g/mol. The van der Waals surface area contributed by atoms with Crippen molar-refractivity contribution < 1.29 is 15.0 Å². The van der Waals surface area contributed by atoms with Crippen LogP contribution in [0.5, 0.6) is 0 Å². The fourth-order valence-corrected chi connectivity index (χ4v) is 1.57. The fourth-order valence-electron chi connectivity index (χ4n) is 1.57. The van der Waals surface area contributed by atoms with Crippen LogP contribution in [0.3, 0.4) is 0 Å². The molecule has 1 aromatic rings. The van der Waals surface area contributed by atoms with E-state index >= 15 is 0 Å². The molecule has 6 N–H and O–H groups in total. The van der Waals surface area contributed by atoms with E-state index in [1.807, 2.05) is 30.3 Å². The lowest BCUT2D eigenvalue weighted by atomic mass is 10.0. The number of nitrogens with one attached hydrogen (secondary N) is 2. The van der Waals surface area contributed by atoms with Gasteiger partial charge in [0.1, 0.15) is 0 Å². The van der Waals surface area contributed by atoms with Crippen LogP contribution in [0.15, 0.2) is 30.3 Å². The van der Waals surface area contributed by atoms with E-state index in [9.17, 15) is 9.90 Å². The predicted octanol–water partition coefficient (Wildman–Crippen LogP) is -0.310. The summed E-state index contributed by atoms with van der Waals surface area (Å²) in [5.41, 5.74) is 3.27. The number of hydrazine groups is 1. The highest BCUT2D eigenvalue weighted by Gasteiger charge is 2.20. The topological polar surface area (TPSA) is 108 Å². The molecule has 1 aromatic carbocycles. The number of benzene rings is 1. The number of carbonyl (C=O) groups is 1. The first-order valence-corrected chi connectivity index (χ1v) is 5.28. The first-order valence-electron chi connectivity index (χ1n) is 5.28. The summed E-state index contributed by atoms with van der Waals surface area (Å²) in [6.45, 7) is 0.123. The molecule has 0 aliphatic heterocycles. The molecule has 1 rings (SSSR count). The van der Waals surface area contributed by atoms with Gasteiger partial charge in [-0.3, -0.25) is 11.3 Å². The third kappa shape index (κ3) is 4.81. The second-order valence-corrected chi connectivity index (χ2v) is 3.72. The SMILES string of the molecule is NNC[C@@H](O)[C@H](Cc1ccccc1)NC(=O)O. The van der Waals surface area contributed by atoms with Crippen molar-refractivity contribution in [1.82, 2.24) is 10.7 Å². The predicted molar refractivity (Wildman–Crippen MR) is 63.3 cm³/mol. The van der Waals surface area contributed by atoms with Crippen molar-refractivity contribution in [2.45, 2.75) is 18.6 Å².